The Hall–Kier alpha value is -2.13. The highest BCUT2D eigenvalue weighted by Crippen LogP contribution is 2.33. The molecule has 0 spiro atoms. The Morgan fingerprint density at radius 1 is 1.12 bits per heavy atom. The van der Waals surface area contributed by atoms with Crippen LogP contribution in [0.15, 0.2) is 24.3 Å². The molecule has 6 nitrogen and oxygen atoms in total. The largest absolute Gasteiger partial charge is 0.416 e. The van der Waals surface area contributed by atoms with Crippen molar-refractivity contribution in [3.8, 4) is 0 Å². The van der Waals surface area contributed by atoms with Gasteiger partial charge in [0.1, 0.15) is 0 Å². The number of nitrogens with one attached hydrogen (secondary N) is 1. The number of alkyl halides is 3. The lowest BCUT2D eigenvalue weighted by Gasteiger charge is -2.34. The van der Waals surface area contributed by atoms with E-state index in [-0.39, 0.29) is 19.0 Å². The SMILES string of the molecule is CNC(=O)C(O)[C@@H](O)C(=O)N1CCC(c2ccc(C(F)(F)F)cc2)CC1. The van der Waals surface area contributed by atoms with Crippen LogP contribution in [0.3, 0.4) is 0 Å². The summed E-state index contributed by atoms with van der Waals surface area (Å²) < 4.78 is 37.8. The van der Waals surface area contributed by atoms with Crippen LogP contribution in [-0.4, -0.2) is 59.3 Å². The van der Waals surface area contributed by atoms with Gasteiger partial charge in [-0.15, -0.1) is 0 Å². The molecule has 2 amide bonds. The number of amides is 2. The number of hydrogen-bond donors (Lipinski definition) is 3. The number of piperidine rings is 1. The van der Waals surface area contributed by atoms with Crippen molar-refractivity contribution in [2.24, 2.45) is 0 Å². The van der Waals surface area contributed by atoms with E-state index in [0.29, 0.717) is 12.8 Å². The fraction of sp³-hybridized carbons (Fsp3) is 0.529. The third-order valence-electron chi connectivity index (χ3n) is 4.58. The predicted molar refractivity (Wildman–Crippen MR) is 86.1 cm³/mol. The zero-order valence-corrected chi connectivity index (χ0v) is 14.2. The minimum absolute atomic E-state index is 0.00217. The van der Waals surface area contributed by atoms with E-state index in [2.05, 4.69) is 5.32 Å². The summed E-state index contributed by atoms with van der Waals surface area (Å²) in [6.45, 7) is 0.560. The quantitative estimate of drug-likeness (QED) is 0.730. The molecule has 0 saturated carbocycles. The second kappa shape index (κ2) is 8.05. The fourth-order valence-electron chi connectivity index (χ4n) is 2.99. The minimum Gasteiger partial charge on any atom is -0.380 e. The zero-order valence-electron chi connectivity index (χ0n) is 14.2. The van der Waals surface area contributed by atoms with Gasteiger partial charge in [0.25, 0.3) is 11.8 Å². The van der Waals surface area contributed by atoms with Gasteiger partial charge in [-0.2, -0.15) is 13.2 Å². The summed E-state index contributed by atoms with van der Waals surface area (Å²) >= 11 is 0. The van der Waals surface area contributed by atoms with Crippen molar-refractivity contribution in [1.29, 1.82) is 0 Å². The molecule has 144 valence electrons. The predicted octanol–water partition coefficient (Wildman–Crippen LogP) is 0.879. The lowest BCUT2D eigenvalue weighted by Crippen LogP contribution is -2.51. The summed E-state index contributed by atoms with van der Waals surface area (Å²) in [5, 5.41) is 21.6. The van der Waals surface area contributed by atoms with E-state index in [9.17, 15) is 33.0 Å². The van der Waals surface area contributed by atoms with Crippen molar-refractivity contribution in [1.82, 2.24) is 10.2 Å². The molecule has 0 bridgehead atoms. The van der Waals surface area contributed by atoms with E-state index < -0.39 is 35.8 Å². The molecule has 1 aliphatic rings. The highest BCUT2D eigenvalue weighted by Gasteiger charge is 2.35. The number of rotatable bonds is 4. The molecule has 3 N–H and O–H groups in total. The number of aliphatic hydroxyl groups is 2. The first-order valence-electron chi connectivity index (χ1n) is 8.18. The molecule has 2 atom stereocenters. The van der Waals surface area contributed by atoms with Crippen LogP contribution in [0.4, 0.5) is 13.2 Å². The number of likely N-dealkylation sites (N-methyl/N-ethyl adjacent to an activating group) is 1. The van der Waals surface area contributed by atoms with Gasteiger partial charge in [-0.3, -0.25) is 9.59 Å². The van der Waals surface area contributed by atoms with Crippen LogP contribution >= 0.6 is 0 Å². The van der Waals surface area contributed by atoms with E-state index in [1.54, 1.807) is 0 Å². The van der Waals surface area contributed by atoms with Crippen LogP contribution < -0.4 is 5.32 Å². The number of halogens is 3. The minimum atomic E-state index is -4.38. The van der Waals surface area contributed by atoms with Crippen molar-refractivity contribution in [2.75, 3.05) is 20.1 Å². The summed E-state index contributed by atoms with van der Waals surface area (Å²) in [5.74, 6) is -1.60. The average molecular weight is 374 g/mol. The van der Waals surface area contributed by atoms with Crippen molar-refractivity contribution < 1.29 is 33.0 Å². The molecule has 0 radical (unpaired) electrons. The molecule has 1 aromatic rings. The second-order valence-electron chi connectivity index (χ2n) is 6.22. The van der Waals surface area contributed by atoms with E-state index in [1.807, 2.05) is 0 Å². The van der Waals surface area contributed by atoms with Crippen LogP contribution in [-0.2, 0) is 15.8 Å². The lowest BCUT2D eigenvalue weighted by atomic mass is 9.88. The van der Waals surface area contributed by atoms with Gasteiger partial charge in [0, 0.05) is 20.1 Å². The highest BCUT2D eigenvalue weighted by molar-refractivity contribution is 5.90. The van der Waals surface area contributed by atoms with E-state index in [1.165, 1.54) is 24.1 Å². The summed E-state index contributed by atoms with van der Waals surface area (Å²) in [7, 11) is 1.28. The Balaban J connectivity index is 1.94. The van der Waals surface area contributed by atoms with Crippen LogP contribution in [0.25, 0.3) is 0 Å². The highest BCUT2D eigenvalue weighted by atomic mass is 19.4. The maximum absolute atomic E-state index is 12.6. The summed E-state index contributed by atoms with van der Waals surface area (Å²) in [6.07, 6.45) is -7.05. The molecule has 0 aliphatic carbocycles. The monoisotopic (exact) mass is 374 g/mol. The Morgan fingerprint density at radius 3 is 2.12 bits per heavy atom. The Morgan fingerprint density at radius 2 is 1.65 bits per heavy atom. The summed E-state index contributed by atoms with van der Waals surface area (Å²) in [5.41, 5.74) is 0.0521. The van der Waals surface area contributed by atoms with Crippen LogP contribution in [0.1, 0.15) is 29.9 Å². The molecular formula is C17H21F3N2O4. The standard InChI is InChI=1S/C17H21F3N2O4/c1-21-15(25)13(23)14(24)16(26)22-8-6-11(7-9-22)10-2-4-12(5-3-10)17(18,19)20/h2-5,11,13-14,23-24H,6-9H2,1H3,(H,21,25)/t13?,14-/m1/s1. The van der Waals surface area contributed by atoms with Gasteiger partial charge in [-0.25, -0.2) is 0 Å². The van der Waals surface area contributed by atoms with Gasteiger partial charge in [0.2, 0.25) is 0 Å². The lowest BCUT2D eigenvalue weighted by molar-refractivity contribution is -0.153. The molecular weight excluding hydrogens is 353 g/mol. The number of nitrogens with zero attached hydrogens (tertiary/aromatic N) is 1. The van der Waals surface area contributed by atoms with E-state index >= 15 is 0 Å². The van der Waals surface area contributed by atoms with E-state index in [4.69, 9.17) is 0 Å². The third kappa shape index (κ3) is 4.53. The molecule has 1 aliphatic heterocycles. The van der Waals surface area contributed by atoms with E-state index in [0.717, 1.165) is 17.7 Å². The fourth-order valence-corrected chi connectivity index (χ4v) is 2.99. The van der Waals surface area contributed by atoms with Gasteiger partial charge in [-0.05, 0) is 36.5 Å². The molecule has 9 heteroatoms. The van der Waals surface area contributed by atoms with Crippen molar-refractivity contribution in [3.05, 3.63) is 35.4 Å². The number of aliphatic hydroxyl groups excluding tert-OH is 2. The number of carbonyl (C=O) groups is 2. The van der Waals surface area contributed by atoms with Crippen LogP contribution in [0, 0.1) is 0 Å². The molecule has 2 rings (SSSR count). The number of carbonyl (C=O) groups excluding carboxylic acids is 2. The van der Waals surface area contributed by atoms with Crippen LogP contribution in [0.5, 0.6) is 0 Å². The third-order valence-corrected chi connectivity index (χ3v) is 4.58. The second-order valence-corrected chi connectivity index (χ2v) is 6.22. The Labute approximate surface area is 148 Å². The first-order valence-corrected chi connectivity index (χ1v) is 8.18. The maximum atomic E-state index is 12.6. The van der Waals surface area contributed by atoms with Crippen molar-refractivity contribution >= 4 is 11.8 Å². The first kappa shape index (κ1) is 20.2. The summed E-state index contributed by atoms with van der Waals surface area (Å²) in [4.78, 5) is 24.8. The number of hydrogen-bond acceptors (Lipinski definition) is 4. The molecule has 26 heavy (non-hydrogen) atoms. The van der Waals surface area contributed by atoms with Gasteiger partial charge in [0.15, 0.2) is 12.2 Å². The van der Waals surface area contributed by atoms with Gasteiger partial charge in [-0.1, -0.05) is 12.1 Å². The molecule has 1 heterocycles. The van der Waals surface area contributed by atoms with Gasteiger partial charge in [0.05, 0.1) is 5.56 Å². The topological polar surface area (TPSA) is 89.9 Å². The Kier molecular flexibility index (Phi) is 6.25. The van der Waals surface area contributed by atoms with Gasteiger partial charge < -0.3 is 20.4 Å². The normalized spacial score (nSPS) is 18.3. The average Bonchev–Trinajstić information content (AvgIpc) is 2.65. The molecule has 0 aromatic heterocycles. The van der Waals surface area contributed by atoms with Crippen LogP contribution in [0.2, 0.25) is 0 Å². The number of benzene rings is 1. The zero-order chi connectivity index (χ0) is 19.5. The molecule has 1 unspecified atom stereocenters. The molecule has 1 aromatic carbocycles. The van der Waals surface area contributed by atoms with Gasteiger partial charge >= 0.3 is 6.18 Å². The Bertz CT molecular complexity index is 640. The number of likely N-dealkylation sites (tertiary alicyclic amines) is 1. The molecule has 1 saturated heterocycles. The maximum Gasteiger partial charge on any atom is 0.416 e. The van der Waals surface area contributed by atoms with Crippen molar-refractivity contribution in [3.63, 3.8) is 0 Å². The smallest absolute Gasteiger partial charge is 0.380 e. The van der Waals surface area contributed by atoms with Crippen molar-refractivity contribution in [2.45, 2.75) is 37.1 Å². The molecule has 1 fully saturated rings. The summed E-state index contributed by atoms with van der Waals surface area (Å²) in [6, 6.07) is 4.96. The first-order chi connectivity index (χ1) is 12.1.